The molecule has 0 aliphatic heterocycles. The fourth-order valence-corrected chi connectivity index (χ4v) is 2.91. The van der Waals surface area contributed by atoms with Crippen molar-refractivity contribution in [3.8, 4) is 11.3 Å². The van der Waals surface area contributed by atoms with E-state index in [2.05, 4.69) is 18.8 Å². The Balaban J connectivity index is 1.98. The van der Waals surface area contributed by atoms with E-state index >= 15 is 0 Å². The molecule has 2 unspecified atom stereocenters. The number of aromatic nitrogens is 2. The van der Waals surface area contributed by atoms with E-state index in [1.807, 2.05) is 30.5 Å². The quantitative estimate of drug-likeness (QED) is 0.908. The average molecular weight is 268 g/mol. The monoisotopic (exact) mass is 268 g/mol. The summed E-state index contributed by atoms with van der Waals surface area (Å²) in [5, 5.41) is 10.3. The third-order valence-corrected chi connectivity index (χ3v) is 4.25. The minimum atomic E-state index is -0.374. The summed E-state index contributed by atoms with van der Waals surface area (Å²) in [4.78, 5) is 8.91. The average Bonchev–Trinajstić information content (AvgIpc) is 2.47. The van der Waals surface area contributed by atoms with Crippen LogP contribution in [0.3, 0.4) is 0 Å². The van der Waals surface area contributed by atoms with Crippen molar-refractivity contribution in [2.24, 2.45) is 11.8 Å². The second-order valence-electron chi connectivity index (χ2n) is 5.93. The first-order chi connectivity index (χ1) is 9.65. The molecule has 0 saturated carbocycles. The Bertz CT molecular complexity index is 595. The highest BCUT2D eigenvalue weighted by atomic mass is 16.3. The fraction of sp³-hybridized carbons (Fsp3) is 0.412. The van der Waals surface area contributed by atoms with Gasteiger partial charge in [-0.2, -0.15) is 0 Å². The van der Waals surface area contributed by atoms with Crippen LogP contribution in [0.4, 0.5) is 0 Å². The van der Waals surface area contributed by atoms with Gasteiger partial charge >= 0.3 is 0 Å². The zero-order chi connectivity index (χ0) is 14.1. The first-order valence-corrected chi connectivity index (χ1v) is 7.23. The number of nitrogens with zero attached hydrogens (tertiary/aromatic N) is 2. The number of aliphatic hydroxyl groups is 1. The highest BCUT2D eigenvalue weighted by Crippen LogP contribution is 2.36. The van der Waals surface area contributed by atoms with Crippen molar-refractivity contribution < 1.29 is 5.11 Å². The molecule has 20 heavy (non-hydrogen) atoms. The lowest BCUT2D eigenvalue weighted by Gasteiger charge is -2.30. The van der Waals surface area contributed by atoms with Crippen LogP contribution < -0.4 is 0 Å². The molecule has 0 radical (unpaired) electrons. The van der Waals surface area contributed by atoms with Crippen molar-refractivity contribution in [3.63, 3.8) is 0 Å². The van der Waals surface area contributed by atoms with Crippen molar-refractivity contribution in [3.05, 3.63) is 47.9 Å². The van der Waals surface area contributed by atoms with Gasteiger partial charge in [-0.25, -0.2) is 0 Å². The van der Waals surface area contributed by atoms with Gasteiger partial charge in [0, 0.05) is 29.2 Å². The van der Waals surface area contributed by atoms with E-state index in [1.165, 1.54) is 0 Å². The van der Waals surface area contributed by atoms with Gasteiger partial charge < -0.3 is 5.11 Å². The van der Waals surface area contributed by atoms with Crippen molar-refractivity contribution >= 4 is 0 Å². The first-order valence-electron chi connectivity index (χ1n) is 7.23. The van der Waals surface area contributed by atoms with Crippen LogP contribution in [0.15, 0.2) is 36.7 Å². The molecule has 0 aromatic carbocycles. The summed E-state index contributed by atoms with van der Waals surface area (Å²) in [6.07, 6.45) is 5.02. The van der Waals surface area contributed by atoms with E-state index in [1.54, 1.807) is 6.20 Å². The van der Waals surface area contributed by atoms with Gasteiger partial charge in [-0.1, -0.05) is 19.9 Å². The molecule has 104 valence electrons. The molecule has 3 heteroatoms. The highest BCUT2D eigenvalue weighted by molar-refractivity contribution is 5.58. The van der Waals surface area contributed by atoms with Crippen molar-refractivity contribution in [1.29, 1.82) is 0 Å². The van der Waals surface area contributed by atoms with Gasteiger partial charge in [0.2, 0.25) is 0 Å². The maximum atomic E-state index is 10.3. The van der Waals surface area contributed by atoms with Crippen LogP contribution in [0.5, 0.6) is 0 Å². The number of aliphatic hydroxyl groups excluding tert-OH is 1. The van der Waals surface area contributed by atoms with Crippen LogP contribution in [0.2, 0.25) is 0 Å². The molecule has 2 aromatic heterocycles. The number of pyridine rings is 2. The third-order valence-electron chi connectivity index (χ3n) is 4.25. The van der Waals surface area contributed by atoms with Crippen molar-refractivity contribution in [2.45, 2.75) is 32.8 Å². The normalized spacial score (nSPS) is 21.8. The minimum absolute atomic E-state index is 0.374. The summed E-state index contributed by atoms with van der Waals surface area (Å²) >= 11 is 0. The van der Waals surface area contributed by atoms with E-state index in [9.17, 15) is 5.11 Å². The molecule has 0 saturated heterocycles. The zero-order valence-electron chi connectivity index (χ0n) is 12.0. The standard InChI is InChI=1S/C17H20N2O/c1-11(2)13-8-16-14(17(20)9-13)5-6-15(19-16)12-4-3-7-18-10-12/h3-7,10-11,13,17,20H,8-9H2,1-2H3. The lowest BCUT2D eigenvalue weighted by Crippen LogP contribution is -2.23. The van der Waals surface area contributed by atoms with Gasteiger partial charge in [0.05, 0.1) is 11.8 Å². The fourth-order valence-electron chi connectivity index (χ4n) is 2.91. The molecule has 0 amide bonds. The Hall–Kier alpha value is -1.74. The molecule has 2 aromatic rings. The molecule has 2 atom stereocenters. The largest absolute Gasteiger partial charge is 0.388 e. The predicted molar refractivity (Wildman–Crippen MR) is 79.1 cm³/mol. The summed E-state index contributed by atoms with van der Waals surface area (Å²) in [5.74, 6) is 1.08. The molecule has 1 aliphatic rings. The van der Waals surface area contributed by atoms with E-state index < -0.39 is 0 Å². The third kappa shape index (κ3) is 2.46. The maximum absolute atomic E-state index is 10.3. The van der Waals surface area contributed by atoms with E-state index in [0.29, 0.717) is 11.8 Å². The van der Waals surface area contributed by atoms with Gasteiger partial charge in [0.15, 0.2) is 0 Å². The van der Waals surface area contributed by atoms with Gasteiger partial charge in [-0.05, 0) is 42.9 Å². The van der Waals surface area contributed by atoms with Gasteiger partial charge in [-0.3, -0.25) is 9.97 Å². The second kappa shape index (κ2) is 5.33. The van der Waals surface area contributed by atoms with Crippen LogP contribution in [0.1, 0.15) is 37.6 Å². The summed E-state index contributed by atoms with van der Waals surface area (Å²) in [5.41, 5.74) is 4.00. The highest BCUT2D eigenvalue weighted by Gasteiger charge is 2.28. The van der Waals surface area contributed by atoms with E-state index in [0.717, 1.165) is 35.4 Å². The van der Waals surface area contributed by atoms with Crippen LogP contribution in [-0.2, 0) is 6.42 Å². The molecule has 2 heterocycles. The summed E-state index contributed by atoms with van der Waals surface area (Å²) < 4.78 is 0. The van der Waals surface area contributed by atoms with Crippen molar-refractivity contribution in [2.75, 3.05) is 0 Å². The molecule has 1 N–H and O–H groups in total. The minimum Gasteiger partial charge on any atom is -0.388 e. The zero-order valence-corrected chi connectivity index (χ0v) is 12.0. The number of hydrogen-bond donors (Lipinski definition) is 1. The first kappa shape index (κ1) is 13.3. The van der Waals surface area contributed by atoms with Crippen LogP contribution >= 0.6 is 0 Å². The number of fused-ring (bicyclic) bond motifs is 1. The van der Waals surface area contributed by atoms with Gasteiger partial charge in [0.1, 0.15) is 0 Å². The summed E-state index contributed by atoms with van der Waals surface area (Å²) in [6.45, 7) is 4.43. The Morgan fingerprint density at radius 3 is 2.80 bits per heavy atom. The van der Waals surface area contributed by atoms with Crippen LogP contribution in [-0.4, -0.2) is 15.1 Å². The van der Waals surface area contributed by atoms with Crippen LogP contribution in [0.25, 0.3) is 11.3 Å². The van der Waals surface area contributed by atoms with Gasteiger partial charge in [-0.15, -0.1) is 0 Å². The molecular formula is C17H20N2O. The van der Waals surface area contributed by atoms with E-state index in [-0.39, 0.29) is 6.10 Å². The SMILES string of the molecule is CC(C)C1Cc2nc(-c3cccnc3)ccc2C(O)C1. The lowest BCUT2D eigenvalue weighted by molar-refractivity contribution is 0.116. The smallest absolute Gasteiger partial charge is 0.0810 e. The second-order valence-corrected chi connectivity index (χ2v) is 5.93. The molecule has 0 bridgehead atoms. The number of rotatable bonds is 2. The summed E-state index contributed by atoms with van der Waals surface area (Å²) in [7, 11) is 0. The Morgan fingerprint density at radius 2 is 2.10 bits per heavy atom. The lowest BCUT2D eigenvalue weighted by atomic mass is 9.79. The predicted octanol–water partition coefficient (Wildman–Crippen LogP) is 3.40. The molecular weight excluding hydrogens is 248 g/mol. The molecule has 0 fully saturated rings. The Labute approximate surface area is 119 Å². The maximum Gasteiger partial charge on any atom is 0.0810 e. The number of hydrogen-bond acceptors (Lipinski definition) is 3. The van der Waals surface area contributed by atoms with Crippen molar-refractivity contribution in [1.82, 2.24) is 9.97 Å². The van der Waals surface area contributed by atoms with Gasteiger partial charge in [0.25, 0.3) is 0 Å². The topological polar surface area (TPSA) is 46.0 Å². The Kier molecular flexibility index (Phi) is 3.53. The van der Waals surface area contributed by atoms with E-state index in [4.69, 9.17) is 4.98 Å². The molecule has 3 nitrogen and oxygen atoms in total. The molecule has 1 aliphatic carbocycles. The summed E-state index contributed by atoms with van der Waals surface area (Å²) in [6, 6.07) is 7.93. The molecule has 3 rings (SSSR count). The molecule has 0 spiro atoms. The van der Waals surface area contributed by atoms with Crippen LogP contribution in [0, 0.1) is 11.8 Å². The Morgan fingerprint density at radius 1 is 1.25 bits per heavy atom.